The van der Waals surface area contributed by atoms with Gasteiger partial charge in [-0.05, 0) is 6.42 Å². The monoisotopic (exact) mass is 190 g/mol. The lowest BCUT2D eigenvalue weighted by atomic mass is 9.74. The maximum Gasteiger partial charge on any atom is 0.0747 e. The fourth-order valence-electron chi connectivity index (χ4n) is 1.76. The normalized spacial score (nSPS) is 28.6. The van der Waals surface area contributed by atoms with Gasteiger partial charge in [0.1, 0.15) is 0 Å². The van der Waals surface area contributed by atoms with Crippen LogP contribution in [0.4, 0.5) is 0 Å². The summed E-state index contributed by atoms with van der Waals surface area (Å²) in [4.78, 5) is 0. The Morgan fingerprint density at radius 2 is 1.77 bits per heavy atom. The van der Waals surface area contributed by atoms with Crippen LogP contribution in [0, 0.1) is 11.3 Å². The molecule has 0 aromatic rings. The molecule has 4 heteroatoms. The SMILES string of the molecule is CCC1COC1C(CO)(CO)CO. The molecule has 0 amide bonds. The molecule has 2 unspecified atom stereocenters. The minimum atomic E-state index is -0.862. The van der Waals surface area contributed by atoms with Gasteiger partial charge in [-0.3, -0.25) is 0 Å². The van der Waals surface area contributed by atoms with Crippen LogP contribution in [0.15, 0.2) is 0 Å². The zero-order chi connectivity index (χ0) is 9.90. The third-order valence-corrected chi connectivity index (χ3v) is 2.99. The molecule has 1 heterocycles. The highest BCUT2D eigenvalue weighted by atomic mass is 16.5. The van der Waals surface area contributed by atoms with Gasteiger partial charge in [0, 0.05) is 5.92 Å². The summed E-state index contributed by atoms with van der Waals surface area (Å²) in [5.74, 6) is 0.353. The summed E-state index contributed by atoms with van der Waals surface area (Å²) in [5.41, 5.74) is -0.862. The van der Waals surface area contributed by atoms with E-state index in [4.69, 9.17) is 20.1 Å². The molecule has 2 atom stereocenters. The Kier molecular flexibility index (Phi) is 3.67. The average molecular weight is 190 g/mol. The van der Waals surface area contributed by atoms with Gasteiger partial charge in [-0.15, -0.1) is 0 Å². The summed E-state index contributed by atoms with van der Waals surface area (Å²) in [6.45, 7) is 2.00. The molecule has 1 aliphatic heterocycles. The Hall–Kier alpha value is -0.160. The van der Waals surface area contributed by atoms with Crippen molar-refractivity contribution in [1.29, 1.82) is 0 Å². The summed E-state index contributed by atoms with van der Waals surface area (Å²) in [5, 5.41) is 27.4. The Morgan fingerprint density at radius 1 is 1.23 bits per heavy atom. The first-order valence-corrected chi connectivity index (χ1v) is 4.68. The van der Waals surface area contributed by atoms with E-state index in [1.807, 2.05) is 6.92 Å². The molecule has 0 bridgehead atoms. The van der Waals surface area contributed by atoms with Gasteiger partial charge in [0.2, 0.25) is 0 Å². The molecule has 0 saturated carbocycles. The van der Waals surface area contributed by atoms with E-state index in [9.17, 15) is 0 Å². The summed E-state index contributed by atoms with van der Waals surface area (Å²) in [6, 6.07) is 0. The van der Waals surface area contributed by atoms with Crippen molar-refractivity contribution in [3.05, 3.63) is 0 Å². The summed E-state index contributed by atoms with van der Waals surface area (Å²) in [6.07, 6.45) is 0.754. The fourth-order valence-corrected chi connectivity index (χ4v) is 1.76. The molecular formula is C9H18O4. The second-order valence-corrected chi connectivity index (χ2v) is 3.76. The molecule has 1 saturated heterocycles. The standard InChI is InChI=1S/C9H18O4/c1-2-7-3-13-8(7)9(4-10,5-11)6-12/h7-8,10-12H,2-6H2,1H3. The van der Waals surface area contributed by atoms with Crippen molar-refractivity contribution in [2.75, 3.05) is 26.4 Å². The second-order valence-electron chi connectivity index (χ2n) is 3.76. The van der Waals surface area contributed by atoms with Gasteiger partial charge >= 0.3 is 0 Å². The minimum absolute atomic E-state index is 0.197. The molecule has 0 aliphatic carbocycles. The lowest BCUT2D eigenvalue weighted by Gasteiger charge is -2.47. The molecule has 0 radical (unpaired) electrons. The zero-order valence-corrected chi connectivity index (χ0v) is 7.94. The van der Waals surface area contributed by atoms with Gasteiger partial charge in [0.15, 0.2) is 0 Å². The van der Waals surface area contributed by atoms with Crippen LogP contribution in [0.5, 0.6) is 0 Å². The van der Waals surface area contributed by atoms with Crippen molar-refractivity contribution in [3.8, 4) is 0 Å². The van der Waals surface area contributed by atoms with Crippen LogP contribution in [0.3, 0.4) is 0 Å². The molecular weight excluding hydrogens is 172 g/mol. The van der Waals surface area contributed by atoms with Crippen molar-refractivity contribution in [2.24, 2.45) is 11.3 Å². The maximum atomic E-state index is 9.13. The van der Waals surface area contributed by atoms with Crippen LogP contribution < -0.4 is 0 Å². The maximum absolute atomic E-state index is 9.13. The van der Waals surface area contributed by atoms with Gasteiger partial charge in [0.05, 0.1) is 37.9 Å². The predicted octanol–water partition coefficient (Wildman–Crippen LogP) is -0.625. The van der Waals surface area contributed by atoms with E-state index in [1.54, 1.807) is 0 Å². The summed E-state index contributed by atoms with van der Waals surface area (Å²) < 4.78 is 5.29. The number of ether oxygens (including phenoxy) is 1. The Bertz CT molecular complexity index is 145. The summed E-state index contributed by atoms with van der Waals surface area (Å²) >= 11 is 0. The molecule has 78 valence electrons. The van der Waals surface area contributed by atoms with Gasteiger partial charge in [-0.2, -0.15) is 0 Å². The quantitative estimate of drug-likeness (QED) is 0.540. The molecule has 3 N–H and O–H groups in total. The van der Waals surface area contributed by atoms with E-state index in [0.29, 0.717) is 12.5 Å². The highest BCUT2D eigenvalue weighted by molar-refractivity contribution is 4.94. The fraction of sp³-hybridized carbons (Fsp3) is 1.00. The lowest BCUT2D eigenvalue weighted by Crippen LogP contribution is -2.57. The van der Waals surface area contributed by atoms with Crippen molar-refractivity contribution in [3.63, 3.8) is 0 Å². The highest BCUT2D eigenvalue weighted by Crippen LogP contribution is 2.37. The smallest absolute Gasteiger partial charge is 0.0747 e. The predicted molar refractivity (Wildman–Crippen MR) is 47.2 cm³/mol. The molecule has 0 spiro atoms. The molecule has 4 nitrogen and oxygen atoms in total. The zero-order valence-electron chi connectivity index (χ0n) is 7.94. The Labute approximate surface area is 78.1 Å². The number of hydrogen-bond acceptors (Lipinski definition) is 4. The number of aliphatic hydroxyl groups is 3. The molecule has 1 aliphatic rings. The van der Waals surface area contributed by atoms with E-state index < -0.39 is 5.41 Å². The third-order valence-electron chi connectivity index (χ3n) is 2.99. The Balaban J connectivity index is 2.64. The summed E-state index contributed by atoms with van der Waals surface area (Å²) in [7, 11) is 0. The Morgan fingerprint density at radius 3 is 2.00 bits per heavy atom. The van der Waals surface area contributed by atoms with Crippen molar-refractivity contribution in [1.82, 2.24) is 0 Å². The van der Waals surface area contributed by atoms with Crippen molar-refractivity contribution < 1.29 is 20.1 Å². The molecule has 1 fully saturated rings. The lowest BCUT2D eigenvalue weighted by molar-refractivity contribution is -0.212. The molecule has 0 aromatic heterocycles. The van der Waals surface area contributed by atoms with E-state index in [-0.39, 0.29) is 25.9 Å². The van der Waals surface area contributed by atoms with E-state index in [1.165, 1.54) is 0 Å². The van der Waals surface area contributed by atoms with Gasteiger partial charge in [0.25, 0.3) is 0 Å². The molecule has 0 aromatic carbocycles. The number of hydrogen-bond donors (Lipinski definition) is 3. The topological polar surface area (TPSA) is 69.9 Å². The average Bonchev–Trinajstić information content (AvgIpc) is 2.13. The minimum Gasteiger partial charge on any atom is -0.396 e. The first-order valence-electron chi connectivity index (χ1n) is 4.68. The van der Waals surface area contributed by atoms with E-state index in [2.05, 4.69) is 0 Å². The largest absolute Gasteiger partial charge is 0.396 e. The molecule has 1 rings (SSSR count). The van der Waals surface area contributed by atoms with E-state index in [0.717, 1.165) is 6.42 Å². The number of rotatable bonds is 5. The van der Waals surface area contributed by atoms with Crippen molar-refractivity contribution >= 4 is 0 Å². The first-order chi connectivity index (χ1) is 6.24. The van der Waals surface area contributed by atoms with Crippen LogP contribution in [0.25, 0.3) is 0 Å². The van der Waals surface area contributed by atoms with Gasteiger partial charge < -0.3 is 20.1 Å². The van der Waals surface area contributed by atoms with Crippen molar-refractivity contribution in [2.45, 2.75) is 19.4 Å². The number of aliphatic hydroxyl groups excluding tert-OH is 3. The van der Waals surface area contributed by atoms with Crippen LogP contribution in [-0.4, -0.2) is 47.9 Å². The van der Waals surface area contributed by atoms with E-state index >= 15 is 0 Å². The first kappa shape index (κ1) is 10.9. The van der Waals surface area contributed by atoms with Gasteiger partial charge in [-0.25, -0.2) is 0 Å². The third kappa shape index (κ3) is 1.72. The van der Waals surface area contributed by atoms with Crippen LogP contribution in [0.1, 0.15) is 13.3 Å². The molecule has 13 heavy (non-hydrogen) atoms. The van der Waals surface area contributed by atoms with Crippen LogP contribution >= 0.6 is 0 Å². The van der Waals surface area contributed by atoms with Gasteiger partial charge in [-0.1, -0.05) is 6.92 Å². The van der Waals surface area contributed by atoms with Crippen LogP contribution in [0.2, 0.25) is 0 Å². The second kappa shape index (κ2) is 4.37. The van der Waals surface area contributed by atoms with Crippen LogP contribution in [-0.2, 0) is 4.74 Å². The highest BCUT2D eigenvalue weighted by Gasteiger charge is 2.47.